The van der Waals surface area contributed by atoms with Gasteiger partial charge in [0.05, 0.1) is 7.11 Å². The summed E-state index contributed by atoms with van der Waals surface area (Å²) in [5, 5.41) is 10.5. The van der Waals surface area contributed by atoms with Crippen molar-refractivity contribution in [1.29, 1.82) is 0 Å². The van der Waals surface area contributed by atoms with E-state index in [9.17, 15) is 19.5 Å². The third kappa shape index (κ3) is 3.26. The van der Waals surface area contributed by atoms with Gasteiger partial charge in [0, 0.05) is 25.7 Å². The van der Waals surface area contributed by atoms with Gasteiger partial charge in [0.25, 0.3) is 0 Å². The number of ether oxygens (including phenoxy) is 3. The van der Waals surface area contributed by atoms with Gasteiger partial charge in [0.15, 0.2) is 0 Å². The van der Waals surface area contributed by atoms with E-state index in [0.29, 0.717) is 23.3 Å². The van der Waals surface area contributed by atoms with Crippen LogP contribution in [-0.4, -0.2) is 42.3 Å². The number of fused-ring (bicyclic) bond motifs is 2. The summed E-state index contributed by atoms with van der Waals surface area (Å²) in [6, 6.07) is 5.64. The van der Waals surface area contributed by atoms with E-state index >= 15 is 0 Å². The molecular formula is C23H28O7. The van der Waals surface area contributed by atoms with Crippen molar-refractivity contribution in [3.63, 3.8) is 0 Å². The van der Waals surface area contributed by atoms with Crippen LogP contribution >= 0.6 is 0 Å². The third-order valence-electron chi connectivity index (χ3n) is 6.57. The lowest BCUT2D eigenvalue weighted by Crippen LogP contribution is -2.53. The van der Waals surface area contributed by atoms with Gasteiger partial charge in [0.1, 0.15) is 23.4 Å². The first-order chi connectivity index (χ1) is 14.0. The van der Waals surface area contributed by atoms with Crippen LogP contribution < -0.4 is 4.74 Å². The number of hydrogen-bond donors (Lipinski definition) is 1. The number of methoxy groups -OCH3 is 1. The second kappa shape index (κ2) is 7.78. The topological polar surface area (TPSA) is 99.1 Å². The number of carboxylic acids is 1. The van der Waals surface area contributed by atoms with Gasteiger partial charge in [-0.1, -0.05) is 6.07 Å². The molecule has 0 aromatic heterocycles. The molecule has 0 aliphatic heterocycles. The number of carboxylic acid groups (broad SMARTS) is 1. The summed E-state index contributed by atoms with van der Waals surface area (Å²) < 4.78 is 16.6. The van der Waals surface area contributed by atoms with E-state index in [1.54, 1.807) is 21.0 Å². The molecule has 0 amide bonds. The van der Waals surface area contributed by atoms with Gasteiger partial charge in [-0.2, -0.15) is 0 Å². The van der Waals surface area contributed by atoms with Gasteiger partial charge in [-0.05, 0) is 61.6 Å². The van der Waals surface area contributed by atoms with Crippen LogP contribution in [0.4, 0.5) is 0 Å². The Kier molecular flexibility index (Phi) is 5.67. The fourth-order valence-electron chi connectivity index (χ4n) is 5.37. The number of aryl methyl sites for hydroxylation is 1. The molecule has 2 aliphatic carbocycles. The van der Waals surface area contributed by atoms with Crippen LogP contribution in [0.25, 0.3) is 0 Å². The van der Waals surface area contributed by atoms with Crippen molar-refractivity contribution in [2.75, 3.05) is 7.11 Å². The molecular weight excluding hydrogens is 388 g/mol. The van der Waals surface area contributed by atoms with Gasteiger partial charge >= 0.3 is 17.9 Å². The van der Waals surface area contributed by atoms with Crippen LogP contribution in [-0.2, 0) is 23.9 Å². The maximum Gasteiger partial charge on any atom is 0.318 e. The molecule has 2 aliphatic rings. The van der Waals surface area contributed by atoms with Crippen LogP contribution in [0.5, 0.6) is 5.75 Å². The molecule has 0 heterocycles. The second-order valence-electron chi connectivity index (χ2n) is 8.28. The fraction of sp³-hybridized carbons (Fsp3) is 0.522. The Hall–Kier alpha value is -2.83. The van der Waals surface area contributed by atoms with Crippen LogP contribution in [0, 0.1) is 18.3 Å². The van der Waals surface area contributed by atoms with Crippen molar-refractivity contribution < 1.29 is 33.7 Å². The van der Waals surface area contributed by atoms with Crippen LogP contribution in [0.3, 0.4) is 0 Å². The summed E-state index contributed by atoms with van der Waals surface area (Å²) in [5.74, 6) is -2.39. The Morgan fingerprint density at radius 1 is 1.03 bits per heavy atom. The minimum Gasteiger partial charge on any atom is -0.497 e. The molecule has 1 fully saturated rings. The number of rotatable bonds is 5. The molecule has 0 spiro atoms. The van der Waals surface area contributed by atoms with E-state index in [4.69, 9.17) is 14.2 Å². The third-order valence-corrected chi connectivity index (χ3v) is 6.57. The lowest BCUT2D eigenvalue weighted by Gasteiger charge is -2.43. The largest absolute Gasteiger partial charge is 0.497 e. The number of carbonyl (C=O) groups is 3. The molecule has 1 aromatic carbocycles. The standard InChI is InChI=1S/C23H28O7/c1-11-7-16(9-17(8-11)28-6)19-10-18-20(29-14(4)24)12(2)13(3)23(19,22(26)27)21(18)30-15(5)25/h7-9,18-21H,10H2,1-6H3,(H,26,27). The Morgan fingerprint density at radius 2 is 1.67 bits per heavy atom. The molecule has 1 aromatic rings. The Balaban J connectivity index is 2.27. The van der Waals surface area contributed by atoms with Crippen LogP contribution in [0.2, 0.25) is 0 Å². The molecule has 7 nitrogen and oxygen atoms in total. The number of esters is 2. The van der Waals surface area contributed by atoms with Crippen molar-refractivity contribution in [1.82, 2.24) is 0 Å². The highest BCUT2D eigenvalue weighted by Crippen LogP contribution is 2.63. The molecule has 5 atom stereocenters. The summed E-state index contributed by atoms with van der Waals surface area (Å²) in [5.41, 5.74) is 1.54. The van der Waals surface area contributed by atoms with Gasteiger partial charge in [-0.15, -0.1) is 0 Å². The predicted molar refractivity (Wildman–Crippen MR) is 108 cm³/mol. The summed E-state index contributed by atoms with van der Waals surface area (Å²) in [4.78, 5) is 36.6. The highest BCUT2D eigenvalue weighted by atomic mass is 16.6. The highest BCUT2D eigenvalue weighted by Gasteiger charge is 2.68. The maximum atomic E-state index is 12.9. The maximum absolute atomic E-state index is 12.9. The van der Waals surface area contributed by atoms with Crippen molar-refractivity contribution in [3.8, 4) is 5.75 Å². The summed E-state index contributed by atoms with van der Waals surface area (Å²) in [7, 11) is 1.56. The van der Waals surface area contributed by atoms with E-state index in [1.807, 2.05) is 25.1 Å². The summed E-state index contributed by atoms with van der Waals surface area (Å²) in [6.45, 7) is 8.02. The molecule has 30 heavy (non-hydrogen) atoms. The van der Waals surface area contributed by atoms with Crippen LogP contribution in [0.15, 0.2) is 29.3 Å². The van der Waals surface area contributed by atoms with Crippen LogP contribution in [0.1, 0.15) is 51.2 Å². The van der Waals surface area contributed by atoms with E-state index in [2.05, 4.69) is 0 Å². The zero-order valence-corrected chi connectivity index (χ0v) is 18.1. The van der Waals surface area contributed by atoms with Crippen molar-refractivity contribution in [2.24, 2.45) is 11.3 Å². The monoisotopic (exact) mass is 416 g/mol. The van der Waals surface area contributed by atoms with E-state index in [-0.39, 0.29) is 0 Å². The van der Waals surface area contributed by atoms with E-state index in [1.165, 1.54) is 13.8 Å². The zero-order valence-electron chi connectivity index (χ0n) is 18.1. The lowest BCUT2D eigenvalue weighted by atomic mass is 9.64. The summed E-state index contributed by atoms with van der Waals surface area (Å²) >= 11 is 0. The quantitative estimate of drug-likeness (QED) is 0.580. The molecule has 2 bridgehead atoms. The predicted octanol–water partition coefficient (Wildman–Crippen LogP) is 3.39. The molecule has 162 valence electrons. The average Bonchev–Trinajstić information content (AvgIpc) is 2.94. The first-order valence-electron chi connectivity index (χ1n) is 9.95. The van der Waals surface area contributed by atoms with E-state index in [0.717, 1.165) is 11.1 Å². The zero-order chi connectivity index (χ0) is 22.4. The molecule has 0 saturated heterocycles. The lowest BCUT2D eigenvalue weighted by molar-refractivity contribution is -0.171. The number of benzene rings is 1. The minimum absolute atomic E-state index is 0.392. The molecule has 1 saturated carbocycles. The Morgan fingerprint density at radius 3 is 2.20 bits per heavy atom. The normalized spacial score (nSPS) is 30.1. The molecule has 5 unspecified atom stereocenters. The van der Waals surface area contributed by atoms with Gasteiger partial charge in [-0.25, -0.2) is 0 Å². The van der Waals surface area contributed by atoms with Gasteiger partial charge in [-0.3, -0.25) is 14.4 Å². The SMILES string of the molecule is COc1cc(C)cc(C2CC3C(OC(C)=O)C(C)=C(C)C2(C(=O)O)C3OC(C)=O)c1. The number of hydrogen-bond acceptors (Lipinski definition) is 6. The van der Waals surface area contributed by atoms with Crippen molar-refractivity contribution in [2.45, 2.75) is 59.2 Å². The number of carbonyl (C=O) groups excluding carboxylic acids is 2. The molecule has 3 rings (SSSR count). The van der Waals surface area contributed by atoms with E-state index < -0.39 is 47.4 Å². The van der Waals surface area contributed by atoms with Gasteiger partial charge in [0.2, 0.25) is 0 Å². The fourth-order valence-corrected chi connectivity index (χ4v) is 5.37. The van der Waals surface area contributed by atoms with Gasteiger partial charge < -0.3 is 19.3 Å². The minimum atomic E-state index is -1.45. The molecule has 1 N–H and O–H groups in total. The van der Waals surface area contributed by atoms with Crippen molar-refractivity contribution in [3.05, 3.63) is 40.5 Å². The first-order valence-corrected chi connectivity index (χ1v) is 9.95. The summed E-state index contributed by atoms with van der Waals surface area (Å²) in [6.07, 6.45) is -1.20. The second-order valence-corrected chi connectivity index (χ2v) is 8.28. The number of aliphatic carboxylic acids is 1. The molecule has 0 radical (unpaired) electrons. The Labute approximate surface area is 176 Å². The van der Waals surface area contributed by atoms with Crippen molar-refractivity contribution >= 4 is 17.9 Å². The molecule has 7 heteroatoms. The average molecular weight is 416 g/mol. The highest BCUT2D eigenvalue weighted by molar-refractivity contribution is 5.84. The Bertz CT molecular complexity index is 931. The first kappa shape index (κ1) is 21.9. The smallest absolute Gasteiger partial charge is 0.318 e.